The summed E-state index contributed by atoms with van der Waals surface area (Å²) in [5.74, 6) is 0.434. The first-order valence-electron chi connectivity index (χ1n) is 9.35. The smallest absolute Gasteiger partial charge is 0.312 e. The number of benzene rings is 1. The highest BCUT2D eigenvalue weighted by Crippen LogP contribution is 2.39. The quantitative estimate of drug-likeness (QED) is 0.763. The van der Waals surface area contributed by atoms with Crippen LogP contribution in [0.4, 0.5) is 5.69 Å². The summed E-state index contributed by atoms with van der Waals surface area (Å²) in [4.78, 5) is 26.3. The molecule has 1 aliphatic carbocycles. The van der Waals surface area contributed by atoms with E-state index in [0.29, 0.717) is 0 Å². The van der Waals surface area contributed by atoms with Gasteiger partial charge in [0.15, 0.2) is 5.37 Å². The van der Waals surface area contributed by atoms with Crippen LogP contribution in [0.15, 0.2) is 29.2 Å². The van der Waals surface area contributed by atoms with Gasteiger partial charge in [0, 0.05) is 10.6 Å². The van der Waals surface area contributed by atoms with E-state index in [0.717, 1.165) is 48.4 Å². The molecule has 7 heteroatoms. The molecule has 3 aliphatic rings. The molecule has 5 nitrogen and oxygen atoms in total. The Bertz CT molecular complexity index is 654. The molecule has 1 aromatic carbocycles. The molecule has 3 atom stereocenters. The third-order valence-corrected chi connectivity index (χ3v) is 7.63. The highest BCUT2D eigenvalue weighted by Gasteiger charge is 2.39. The number of ether oxygens (including phenoxy) is 1. The highest BCUT2D eigenvalue weighted by molar-refractivity contribution is 8.01. The van der Waals surface area contributed by atoms with Crippen LogP contribution in [0.5, 0.6) is 0 Å². The lowest BCUT2D eigenvalue weighted by molar-refractivity contribution is -0.155. The zero-order valence-electron chi connectivity index (χ0n) is 14.6. The molecule has 2 aliphatic heterocycles. The number of esters is 1. The number of para-hydroxylation sites is 1. The van der Waals surface area contributed by atoms with Crippen LogP contribution < -0.4 is 10.6 Å². The van der Waals surface area contributed by atoms with Crippen molar-refractivity contribution in [1.29, 1.82) is 0 Å². The van der Waals surface area contributed by atoms with E-state index in [1.54, 1.807) is 11.8 Å². The van der Waals surface area contributed by atoms with E-state index < -0.39 is 0 Å². The summed E-state index contributed by atoms with van der Waals surface area (Å²) in [7, 11) is 0. The zero-order valence-corrected chi connectivity index (χ0v) is 16.2. The largest absolute Gasteiger partial charge is 0.462 e. The Labute approximate surface area is 162 Å². The Hall–Kier alpha value is -1.34. The SMILES string of the molecule is O=C(NC1SCCC1C(=O)OC1CCCCC1)C1Nc2ccccc2S1. The normalized spacial score (nSPS) is 28.2. The third kappa shape index (κ3) is 3.98. The average molecular weight is 393 g/mol. The Balaban J connectivity index is 1.32. The molecule has 2 fully saturated rings. The first-order chi connectivity index (χ1) is 12.7. The molecule has 26 heavy (non-hydrogen) atoms. The van der Waals surface area contributed by atoms with Crippen molar-refractivity contribution < 1.29 is 14.3 Å². The van der Waals surface area contributed by atoms with Crippen molar-refractivity contribution in [1.82, 2.24) is 5.32 Å². The maximum atomic E-state index is 12.7. The van der Waals surface area contributed by atoms with Crippen molar-refractivity contribution >= 4 is 41.1 Å². The molecule has 4 rings (SSSR count). The Kier molecular flexibility index (Phi) is 5.64. The molecule has 1 saturated carbocycles. The van der Waals surface area contributed by atoms with Gasteiger partial charge in [0.25, 0.3) is 5.91 Å². The summed E-state index contributed by atoms with van der Waals surface area (Å²) < 4.78 is 5.74. The van der Waals surface area contributed by atoms with Gasteiger partial charge >= 0.3 is 5.97 Å². The van der Waals surface area contributed by atoms with Gasteiger partial charge in [0.2, 0.25) is 0 Å². The van der Waals surface area contributed by atoms with E-state index >= 15 is 0 Å². The summed E-state index contributed by atoms with van der Waals surface area (Å²) in [5.41, 5.74) is 0.991. The molecule has 140 valence electrons. The number of thioether (sulfide) groups is 2. The topological polar surface area (TPSA) is 67.4 Å². The van der Waals surface area contributed by atoms with Crippen LogP contribution in [0.1, 0.15) is 38.5 Å². The number of amides is 1. The van der Waals surface area contributed by atoms with Gasteiger partial charge in [-0.05, 0) is 50.0 Å². The Morgan fingerprint density at radius 2 is 1.92 bits per heavy atom. The Morgan fingerprint density at radius 1 is 1.12 bits per heavy atom. The number of anilines is 1. The number of carbonyl (C=O) groups excluding carboxylic acids is 2. The first-order valence-corrected chi connectivity index (χ1v) is 11.3. The van der Waals surface area contributed by atoms with Crippen molar-refractivity contribution in [2.75, 3.05) is 11.1 Å². The van der Waals surface area contributed by atoms with Gasteiger partial charge in [-0.1, -0.05) is 30.3 Å². The Morgan fingerprint density at radius 3 is 2.73 bits per heavy atom. The molecule has 3 unspecified atom stereocenters. The van der Waals surface area contributed by atoms with Gasteiger partial charge in [-0.15, -0.1) is 11.8 Å². The van der Waals surface area contributed by atoms with Gasteiger partial charge in [-0.3, -0.25) is 9.59 Å². The van der Waals surface area contributed by atoms with Crippen LogP contribution in [0.3, 0.4) is 0 Å². The summed E-state index contributed by atoms with van der Waals surface area (Å²) in [6.07, 6.45) is 6.31. The molecular weight excluding hydrogens is 368 g/mol. The van der Waals surface area contributed by atoms with Crippen LogP contribution in [-0.4, -0.2) is 34.5 Å². The van der Waals surface area contributed by atoms with Crippen molar-refractivity contribution in [3.05, 3.63) is 24.3 Å². The third-order valence-electron chi connectivity index (χ3n) is 5.17. The van der Waals surface area contributed by atoms with Crippen molar-refractivity contribution in [2.45, 2.75) is 60.3 Å². The fraction of sp³-hybridized carbons (Fsp3) is 0.579. The maximum absolute atomic E-state index is 12.7. The fourth-order valence-electron chi connectivity index (χ4n) is 3.73. The second-order valence-corrected chi connectivity index (χ2v) is 9.43. The summed E-state index contributed by atoms with van der Waals surface area (Å²) in [6.45, 7) is 0. The van der Waals surface area contributed by atoms with E-state index in [-0.39, 0.29) is 34.6 Å². The van der Waals surface area contributed by atoms with Gasteiger partial charge in [-0.2, -0.15) is 0 Å². The fourth-order valence-corrected chi connectivity index (χ4v) is 6.08. The monoisotopic (exact) mass is 392 g/mol. The van der Waals surface area contributed by atoms with E-state index in [2.05, 4.69) is 10.6 Å². The zero-order chi connectivity index (χ0) is 17.9. The lowest BCUT2D eigenvalue weighted by atomic mass is 9.97. The predicted octanol–water partition coefficient (Wildman–Crippen LogP) is 3.60. The second-order valence-electron chi connectivity index (χ2n) is 7.03. The standard InChI is InChI=1S/C19H24N2O3S2/c22-16(18-20-14-8-4-5-9-15(14)26-18)21-17-13(10-11-25-17)19(23)24-12-6-2-1-3-7-12/h4-5,8-9,12-13,17-18,20H,1-3,6-7,10-11H2,(H,21,22). The number of hydrogen-bond acceptors (Lipinski definition) is 6. The number of carbonyl (C=O) groups is 2. The predicted molar refractivity (Wildman–Crippen MR) is 105 cm³/mol. The van der Waals surface area contributed by atoms with Gasteiger partial charge < -0.3 is 15.4 Å². The average Bonchev–Trinajstić information content (AvgIpc) is 3.29. The molecular formula is C19H24N2O3S2. The lowest BCUT2D eigenvalue weighted by Crippen LogP contribution is -2.44. The molecule has 2 heterocycles. The van der Waals surface area contributed by atoms with E-state index in [1.165, 1.54) is 18.2 Å². The van der Waals surface area contributed by atoms with Crippen LogP contribution in [0.25, 0.3) is 0 Å². The van der Waals surface area contributed by atoms with Crippen molar-refractivity contribution in [3.8, 4) is 0 Å². The molecule has 1 amide bonds. The summed E-state index contributed by atoms with van der Waals surface area (Å²) in [5, 5.41) is 5.77. The van der Waals surface area contributed by atoms with Gasteiger partial charge in [0.05, 0.1) is 11.3 Å². The van der Waals surface area contributed by atoms with E-state index in [9.17, 15) is 9.59 Å². The van der Waals surface area contributed by atoms with Crippen LogP contribution in [0, 0.1) is 5.92 Å². The molecule has 1 aromatic rings. The molecule has 0 spiro atoms. The number of hydrogen-bond donors (Lipinski definition) is 2. The minimum absolute atomic E-state index is 0.0685. The van der Waals surface area contributed by atoms with E-state index in [1.807, 2.05) is 24.3 Å². The minimum atomic E-state index is -0.344. The molecule has 0 radical (unpaired) electrons. The van der Waals surface area contributed by atoms with Crippen molar-refractivity contribution in [2.24, 2.45) is 5.92 Å². The lowest BCUT2D eigenvalue weighted by Gasteiger charge is -2.26. The van der Waals surface area contributed by atoms with Crippen LogP contribution >= 0.6 is 23.5 Å². The van der Waals surface area contributed by atoms with E-state index in [4.69, 9.17) is 4.74 Å². The second kappa shape index (κ2) is 8.13. The first kappa shape index (κ1) is 18.0. The summed E-state index contributed by atoms with van der Waals surface area (Å²) >= 11 is 3.16. The summed E-state index contributed by atoms with van der Waals surface area (Å²) in [6, 6.07) is 7.91. The van der Waals surface area contributed by atoms with Gasteiger partial charge in [-0.25, -0.2) is 0 Å². The minimum Gasteiger partial charge on any atom is -0.462 e. The number of fused-ring (bicyclic) bond motifs is 1. The van der Waals surface area contributed by atoms with Crippen LogP contribution in [0.2, 0.25) is 0 Å². The maximum Gasteiger partial charge on any atom is 0.312 e. The molecule has 0 aromatic heterocycles. The molecule has 1 saturated heterocycles. The highest BCUT2D eigenvalue weighted by atomic mass is 32.2. The number of nitrogens with one attached hydrogen (secondary N) is 2. The number of rotatable bonds is 4. The van der Waals surface area contributed by atoms with Gasteiger partial charge in [0.1, 0.15) is 6.10 Å². The molecule has 0 bridgehead atoms. The van der Waals surface area contributed by atoms with Crippen molar-refractivity contribution in [3.63, 3.8) is 0 Å². The molecule has 2 N–H and O–H groups in total. The van der Waals surface area contributed by atoms with Crippen LogP contribution in [-0.2, 0) is 14.3 Å².